The van der Waals surface area contributed by atoms with Gasteiger partial charge in [-0.1, -0.05) is 198 Å². The molecule has 0 aliphatic rings. The van der Waals surface area contributed by atoms with Gasteiger partial charge in [-0.2, -0.15) is 0 Å². The maximum atomic E-state index is 12.4. The van der Waals surface area contributed by atoms with Crippen molar-refractivity contribution in [1.29, 1.82) is 0 Å². The molecule has 0 radical (unpaired) electrons. The normalized spacial score (nSPS) is 13.9. The number of carbonyl (C=O) groups is 3. The van der Waals surface area contributed by atoms with Gasteiger partial charge in [-0.15, -0.1) is 0 Å². The number of esters is 1. The van der Waals surface area contributed by atoms with Crippen molar-refractivity contribution in [3.8, 4) is 0 Å². The van der Waals surface area contributed by atoms with Crippen molar-refractivity contribution >= 4 is 25.7 Å². The minimum Gasteiger partial charge on any atom is -0.480 e. The Morgan fingerprint density at radius 1 is 0.525 bits per heavy atom. The summed E-state index contributed by atoms with van der Waals surface area (Å²) in [5.41, 5.74) is 0. The average Bonchev–Trinajstić information content (AvgIpc) is 3.24. The number of aliphatic hydroxyl groups is 1. The average molecular weight is 884 g/mol. The number of allylic oxidation sites excluding steroid dienone is 6. The third-order valence-corrected chi connectivity index (χ3v) is 11.6. The van der Waals surface area contributed by atoms with Gasteiger partial charge in [0.05, 0.1) is 13.2 Å². The number of phosphoric acid groups is 1. The summed E-state index contributed by atoms with van der Waals surface area (Å²) in [6.45, 7) is 2.59. The Bertz CT molecular complexity index is 1180. The monoisotopic (exact) mass is 884 g/mol. The summed E-state index contributed by atoms with van der Waals surface area (Å²) >= 11 is 0. The summed E-state index contributed by atoms with van der Waals surface area (Å²) < 4.78 is 26.9. The summed E-state index contributed by atoms with van der Waals surface area (Å²) in [6.07, 6.45) is 48.7. The minimum absolute atomic E-state index is 0.138. The van der Waals surface area contributed by atoms with Crippen LogP contribution >= 0.6 is 7.82 Å². The van der Waals surface area contributed by atoms with E-state index in [9.17, 15) is 34.1 Å². The molecule has 356 valence electrons. The molecule has 0 aliphatic heterocycles. The standard InChI is InChI=1S/C49H90NO10P/c1-3-5-7-9-11-13-15-17-19-21-22-23-24-25-26-28-30-32-34-36-38-40-47(52)50-46(49(54)55)44-60-61(56,57)59-43-45(51)42-58-48(53)41-39-37-35-33-31-29-27-20-18-16-14-12-10-8-6-4-2/h11,13,17,19,22-23,45-46,51H,3-10,12,14-16,18,20-21,24-44H2,1-2H3,(H,50,52)(H,54,55)(H,56,57)/b13-11-,19-17-,23-22-. The fourth-order valence-electron chi connectivity index (χ4n) is 6.85. The fourth-order valence-corrected chi connectivity index (χ4v) is 7.63. The molecule has 0 fully saturated rings. The Morgan fingerprint density at radius 2 is 0.902 bits per heavy atom. The summed E-state index contributed by atoms with van der Waals surface area (Å²) in [4.78, 5) is 46.1. The van der Waals surface area contributed by atoms with Gasteiger partial charge in [-0.3, -0.25) is 18.6 Å². The van der Waals surface area contributed by atoms with Gasteiger partial charge in [0.2, 0.25) is 5.91 Å². The highest BCUT2D eigenvalue weighted by atomic mass is 31.2. The van der Waals surface area contributed by atoms with Crippen LogP contribution in [0.3, 0.4) is 0 Å². The zero-order valence-corrected chi connectivity index (χ0v) is 39.6. The van der Waals surface area contributed by atoms with Crippen LogP contribution in [0, 0.1) is 0 Å². The van der Waals surface area contributed by atoms with Gasteiger partial charge < -0.3 is 25.2 Å². The molecule has 0 rings (SSSR count). The summed E-state index contributed by atoms with van der Waals surface area (Å²) in [5.74, 6) is -2.37. The number of carbonyl (C=O) groups excluding carboxylic acids is 2. The predicted molar refractivity (Wildman–Crippen MR) is 249 cm³/mol. The lowest BCUT2D eigenvalue weighted by Gasteiger charge is -2.18. The number of aliphatic carboxylic acids is 1. The Morgan fingerprint density at radius 3 is 1.38 bits per heavy atom. The first-order valence-electron chi connectivity index (χ1n) is 24.5. The Kier molecular flexibility index (Phi) is 42.6. The van der Waals surface area contributed by atoms with Crippen molar-refractivity contribution in [3.63, 3.8) is 0 Å². The zero-order valence-electron chi connectivity index (χ0n) is 38.7. The van der Waals surface area contributed by atoms with Crippen LogP contribution in [-0.2, 0) is 32.7 Å². The summed E-state index contributed by atoms with van der Waals surface area (Å²) in [7, 11) is -4.76. The smallest absolute Gasteiger partial charge is 0.472 e. The van der Waals surface area contributed by atoms with Gasteiger partial charge in [-0.05, 0) is 51.4 Å². The molecule has 0 heterocycles. The largest absolute Gasteiger partial charge is 0.480 e. The molecule has 0 bridgehead atoms. The molecule has 3 atom stereocenters. The first-order chi connectivity index (χ1) is 29.6. The summed E-state index contributed by atoms with van der Waals surface area (Å²) in [5, 5.41) is 21.9. The van der Waals surface area contributed by atoms with Gasteiger partial charge in [0.1, 0.15) is 12.7 Å². The molecule has 0 aromatic heterocycles. The first-order valence-corrected chi connectivity index (χ1v) is 26.0. The number of carboxylic acids is 1. The Hall–Kier alpha value is -2.30. The van der Waals surface area contributed by atoms with E-state index in [0.29, 0.717) is 12.8 Å². The molecular weight excluding hydrogens is 794 g/mol. The molecule has 0 aromatic rings. The molecule has 1 amide bonds. The van der Waals surface area contributed by atoms with Crippen molar-refractivity contribution in [1.82, 2.24) is 5.32 Å². The molecule has 3 unspecified atom stereocenters. The van der Waals surface area contributed by atoms with Crippen LogP contribution < -0.4 is 5.32 Å². The van der Waals surface area contributed by atoms with E-state index in [1.807, 2.05) is 0 Å². The number of nitrogens with one attached hydrogen (secondary N) is 1. The molecular formula is C49H90NO10P. The molecule has 0 aliphatic carbocycles. The van der Waals surface area contributed by atoms with Crippen LogP contribution in [-0.4, -0.2) is 64.9 Å². The number of hydrogen-bond acceptors (Lipinski definition) is 8. The van der Waals surface area contributed by atoms with Crippen LogP contribution in [0.1, 0.15) is 226 Å². The van der Waals surface area contributed by atoms with E-state index in [1.54, 1.807) is 0 Å². The number of carboxylic acid groups (broad SMARTS) is 1. The van der Waals surface area contributed by atoms with Crippen LogP contribution in [0.25, 0.3) is 0 Å². The highest BCUT2D eigenvalue weighted by Crippen LogP contribution is 2.43. The molecule has 12 heteroatoms. The molecule has 61 heavy (non-hydrogen) atoms. The van der Waals surface area contributed by atoms with E-state index in [0.717, 1.165) is 64.2 Å². The third-order valence-electron chi connectivity index (χ3n) is 10.7. The molecule has 0 aromatic carbocycles. The lowest BCUT2D eigenvalue weighted by molar-refractivity contribution is -0.147. The number of phosphoric ester groups is 1. The second-order valence-electron chi connectivity index (χ2n) is 16.7. The van der Waals surface area contributed by atoms with Crippen molar-refractivity contribution in [2.24, 2.45) is 0 Å². The van der Waals surface area contributed by atoms with Crippen molar-refractivity contribution in [3.05, 3.63) is 36.5 Å². The lowest BCUT2D eigenvalue weighted by Crippen LogP contribution is -2.43. The minimum atomic E-state index is -4.76. The van der Waals surface area contributed by atoms with E-state index < -0.39 is 57.6 Å². The summed E-state index contributed by atoms with van der Waals surface area (Å²) in [6, 6.07) is -1.55. The van der Waals surface area contributed by atoms with Crippen LogP contribution in [0.15, 0.2) is 36.5 Å². The highest BCUT2D eigenvalue weighted by molar-refractivity contribution is 7.47. The first kappa shape index (κ1) is 58.7. The Labute approximate surface area is 371 Å². The topological polar surface area (TPSA) is 169 Å². The second kappa shape index (κ2) is 44.3. The van der Waals surface area contributed by atoms with Crippen molar-refractivity contribution in [2.75, 3.05) is 19.8 Å². The van der Waals surface area contributed by atoms with E-state index in [2.05, 4.69) is 55.6 Å². The van der Waals surface area contributed by atoms with Gasteiger partial charge in [0.15, 0.2) is 6.04 Å². The number of ether oxygens (including phenoxy) is 1. The maximum Gasteiger partial charge on any atom is 0.472 e. The highest BCUT2D eigenvalue weighted by Gasteiger charge is 2.28. The molecule has 0 spiro atoms. The van der Waals surface area contributed by atoms with Crippen LogP contribution in [0.4, 0.5) is 0 Å². The van der Waals surface area contributed by atoms with E-state index in [1.165, 1.54) is 122 Å². The number of aliphatic hydroxyl groups excluding tert-OH is 1. The van der Waals surface area contributed by atoms with Gasteiger partial charge in [0, 0.05) is 12.8 Å². The molecule has 0 saturated carbocycles. The number of unbranched alkanes of at least 4 members (excludes halogenated alkanes) is 26. The van der Waals surface area contributed by atoms with E-state index >= 15 is 0 Å². The number of rotatable bonds is 46. The molecule has 11 nitrogen and oxygen atoms in total. The Balaban J connectivity index is 3.86. The third kappa shape index (κ3) is 44.1. The van der Waals surface area contributed by atoms with Crippen LogP contribution in [0.2, 0.25) is 0 Å². The second-order valence-corrected chi connectivity index (χ2v) is 18.1. The number of amides is 1. The van der Waals surface area contributed by atoms with Gasteiger partial charge in [-0.25, -0.2) is 9.36 Å². The molecule has 4 N–H and O–H groups in total. The zero-order chi connectivity index (χ0) is 44.9. The number of hydrogen-bond donors (Lipinski definition) is 4. The molecule has 0 saturated heterocycles. The van der Waals surface area contributed by atoms with E-state index in [4.69, 9.17) is 13.8 Å². The predicted octanol–water partition coefficient (Wildman–Crippen LogP) is 13.2. The van der Waals surface area contributed by atoms with Crippen LogP contribution in [0.5, 0.6) is 0 Å². The lowest BCUT2D eigenvalue weighted by atomic mass is 10.0. The van der Waals surface area contributed by atoms with Crippen molar-refractivity contribution < 1.29 is 47.8 Å². The van der Waals surface area contributed by atoms with Crippen molar-refractivity contribution in [2.45, 2.75) is 238 Å². The van der Waals surface area contributed by atoms with E-state index in [-0.39, 0.29) is 12.8 Å². The maximum absolute atomic E-state index is 12.4. The fraction of sp³-hybridized carbons (Fsp3) is 0.816. The SMILES string of the molecule is CCCCC/C=C\C/C=C\C/C=C\CCCCCCCCCCC(=O)NC(COP(=O)(O)OCC(O)COC(=O)CCCCCCCCCCCCCCCCCC)C(=O)O. The quantitative estimate of drug-likeness (QED) is 0.0200. The van der Waals surface area contributed by atoms with Gasteiger partial charge >= 0.3 is 19.8 Å². The van der Waals surface area contributed by atoms with Gasteiger partial charge in [0.25, 0.3) is 0 Å².